The molecular formula is C17H18F3N3O3. The van der Waals surface area contributed by atoms with Crippen LogP contribution in [0.25, 0.3) is 0 Å². The molecule has 0 radical (unpaired) electrons. The Morgan fingerprint density at radius 2 is 1.92 bits per heavy atom. The number of alkyl halides is 3. The third-order valence-corrected chi connectivity index (χ3v) is 4.11. The summed E-state index contributed by atoms with van der Waals surface area (Å²) in [5.74, 6) is 0.336. The molecule has 1 saturated heterocycles. The van der Waals surface area contributed by atoms with E-state index >= 15 is 0 Å². The van der Waals surface area contributed by atoms with Crippen LogP contribution in [0.3, 0.4) is 0 Å². The first-order valence-electron chi connectivity index (χ1n) is 8.11. The lowest BCUT2D eigenvalue weighted by Crippen LogP contribution is -2.33. The number of hydrogen-bond donors (Lipinski definition) is 0. The molecule has 0 bridgehead atoms. The second-order valence-electron chi connectivity index (χ2n) is 5.91. The van der Waals surface area contributed by atoms with E-state index in [4.69, 9.17) is 9.47 Å². The van der Waals surface area contributed by atoms with Gasteiger partial charge in [-0.1, -0.05) is 18.2 Å². The van der Waals surface area contributed by atoms with Crippen LogP contribution < -0.4 is 9.64 Å². The van der Waals surface area contributed by atoms with E-state index < -0.39 is 18.0 Å². The van der Waals surface area contributed by atoms with Gasteiger partial charge in [-0.05, 0) is 25.0 Å². The lowest BCUT2D eigenvalue weighted by molar-refractivity contribution is -0.141. The normalized spacial score (nSPS) is 15.7. The van der Waals surface area contributed by atoms with Crippen LogP contribution >= 0.6 is 0 Å². The Hall–Kier alpha value is -2.55. The number of para-hydroxylation sites is 1. The van der Waals surface area contributed by atoms with E-state index in [9.17, 15) is 18.0 Å². The molecule has 6 nitrogen and oxygen atoms in total. The smallest absolute Gasteiger partial charge is 0.410 e. The van der Waals surface area contributed by atoms with Gasteiger partial charge in [0.2, 0.25) is 0 Å². The number of amides is 1. The predicted octanol–water partition coefficient (Wildman–Crippen LogP) is 3.89. The van der Waals surface area contributed by atoms with Crippen LogP contribution in [0.1, 0.15) is 24.6 Å². The van der Waals surface area contributed by atoms with E-state index in [1.54, 1.807) is 30.3 Å². The average Bonchev–Trinajstić information content (AvgIpc) is 3.08. The zero-order valence-corrected chi connectivity index (χ0v) is 14.1. The van der Waals surface area contributed by atoms with Gasteiger partial charge in [-0.15, -0.1) is 0 Å². The highest BCUT2D eigenvalue weighted by atomic mass is 19.4. The Morgan fingerprint density at radius 1 is 1.27 bits per heavy atom. The molecule has 0 spiro atoms. The summed E-state index contributed by atoms with van der Waals surface area (Å²) in [6.07, 6.45) is -4.35. The van der Waals surface area contributed by atoms with E-state index in [1.165, 1.54) is 11.7 Å². The Kier molecular flexibility index (Phi) is 5.17. The molecular weight excluding hydrogens is 351 g/mol. The fraction of sp³-hybridized carbons (Fsp3) is 0.412. The molecule has 140 valence electrons. The Bertz CT molecular complexity index is 756. The van der Waals surface area contributed by atoms with Crippen molar-refractivity contribution in [1.29, 1.82) is 0 Å². The minimum atomic E-state index is -4.60. The van der Waals surface area contributed by atoms with Gasteiger partial charge in [-0.2, -0.15) is 18.3 Å². The molecule has 1 aromatic heterocycles. The number of benzene rings is 1. The maximum atomic E-state index is 13.1. The minimum Gasteiger partial charge on any atom is -0.410 e. The molecule has 0 unspecified atom stereocenters. The monoisotopic (exact) mass is 369 g/mol. The third kappa shape index (κ3) is 3.98. The molecule has 0 aliphatic carbocycles. The molecule has 2 heterocycles. The molecule has 0 saturated carbocycles. The fourth-order valence-corrected chi connectivity index (χ4v) is 2.72. The average molecular weight is 369 g/mol. The number of nitrogens with zero attached hydrogens (tertiary/aromatic N) is 3. The van der Waals surface area contributed by atoms with Crippen molar-refractivity contribution in [3.63, 3.8) is 0 Å². The third-order valence-electron chi connectivity index (χ3n) is 4.11. The first-order chi connectivity index (χ1) is 12.4. The number of carbonyl (C=O) groups is 1. The fourth-order valence-electron chi connectivity index (χ4n) is 2.72. The van der Waals surface area contributed by atoms with Crippen LogP contribution in [0.4, 0.5) is 23.8 Å². The lowest BCUT2D eigenvalue weighted by atomic mass is 10.1. The van der Waals surface area contributed by atoms with Gasteiger partial charge in [0, 0.05) is 26.3 Å². The van der Waals surface area contributed by atoms with Crippen molar-refractivity contribution in [1.82, 2.24) is 9.78 Å². The SMILES string of the molecule is CN(C(=O)Oc1ccccc1)c1cc(C(F)(F)F)nn1C1CCOCC1. The summed E-state index contributed by atoms with van der Waals surface area (Å²) in [4.78, 5) is 13.4. The van der Waals surface area contributed by atoms with Gasteiger partial charge in [-0.25, -0.2) is 9.48 Å². The van der Waals surface area contributed by atoms with Gasteiger partial charge in [0.1, 0.15) is 11.6 Å². The molecule has 1 aromatic carbocycles. The van der Waals surface area contributed by atoms with Crippen molar-refractivity contribution in [2.24, 2.45) is 0 Å². The standard InChI is InChI=1S/C17H18F3N3O3/c1-22(16(24)26-13-5-3-2-4-6-13)15-11-14(17(18,19)20)21-23(15)12-7-9-25-10-8-12/h2-6,11-12H,7-10H2,1H3. The summed E-state index contributed by atoms with van der Waals surface area (Å²) in [7, 11) is 1.36. The zero-order chi connectivity index (χ0) is 18.7. The second-order valence-corrected chi connectivity index (χ2v) is 5.91. The first kappa shape index (κ1) is 18.2. The van der Waals surface area contributed by atoms with Gasteiger partial charge < -0.3 is 9.47 Å². The number of ether oxygens (including phenoxy) is 2. The highest BCUT2D eigenvalue weighted by molar-refractivity contribution is 5.87. The molecule has 1 fully saturated rings. The lowest BCUT2D eigenvalue weighted by Gasteiger charge is -2.26. The largest absolute Gasteiger partial charge is 0.435 e. The van der Waals surface area contributed by atoms with E-state index in [0.29, 0.717) is 31.8 Å². The van der Waals surface area contributed by atoms with E-state index in [1.807, 2.05) is 0 Å². The number of anilines is 1. The topological polar surface area (TPSA) is 56.6 Å². The van der Waals surface area contributed by atoms with Gasteiger partial charge >= 0.3 is 12.3 Å². The predicted molar refractivity (Wildman–Crippen MR) is 87.2 cm³/mol. The van der Waals surface area contributed by atoms with Gasteiger partial charge in [-0.3, -0.25) is 4.90 Å². The maximum absolute atomic E-state index is 13.1. The molecule has 9 heteroatoms. The van der Waals surface area contributed by atoms with Crippen LogP contribution in [-0.2, 0) is 10.9 Å². The zero-order valence-electron chi connectivity index (χ0n) is 14.1. The number of rotatable bonds is 3. The summed E-state index contributed by atoms with van der Waals surface area (Å²) < 4.78 is 51.1. The molecule has 3 rings (SSSR count). The summed E-state index contributed by atoms with van der Waals surface area (Å²) in [5, 5.41) is 3.70. The molecule has 1 aliphatic heterocycles. The minimum absolute atomic E-state index is 0.0326. The van der Waals surface area contributed by atoms with Crippen LogP contribution in [0.2, 0.25) is 0 Å². The van der Waals surface area contributed by atoms with Crippen LogP contribution in [0.5, 0.6) is 5.75 Å². The van der Waals surface area contributed by atoms with Crippen molar-refractivity contribution in [3.8, 4) is 5.75 Å². The van der Waals surface area contributed by atoms with Crippen molar-refractivity contribution >= 4 is 11.9 Å². The molecule has 1 amide bonds. The number of halogens is 3. The van der Waals surface area contributed by atoms with Crippen molar-refractivity contribution in [2.45, 2.75) is 25.1 Å². The van der Waals surface area contributed by atoms with Crippen LogP contribution in [-0.4, -0.2) is 36.1 Å². The number of hydrogen-bond acceptors (Lipinski definition) is 4. The summed E-state index contributed by atoms with van der Waals surface area (Å²) in [6, 6.07) is 8.90. The first-order valence-corrected chi connectivity index (χ1v) is 8.11. The van der Waals surface area contributed by atoms with Gasteiger partial charge in [0.05, 0.1) is 6.04 Å². The Morgan fingerprint density at radius 3 is 2.54 bits per heavy atom. The molecule has 0 atom stereocenters. The number of aromatic nitrogens is 2. The Balaban J connectivity index is 1.88. The van der Waals surface area contributed by atoms with E-state index in [0.717, 1.165) is 11.0 Å². The van der Waals surface area contributed by atoms with Crippen molar-refractivity contribution in [3.05, 3.63) is 42.1 Å². The van der Waals surface area contributed by atoms with Crippen LogP contribution in [0, 0.1) is 0 Å². The number of carbonyl (C=O) groups excluding carboxylic acids is 1. The van der Waals surface area contributed by atoms with Crippen molar-refractivity contribution in [2.75, 3.05) is 25.2 Å². The molecule has 1 aliphatic rings. The molecule has 0 N–H and O–H groups in total. The molecule has 26 heavy (non-hydrogen) atoms. The highest BCUT2D eigenvalue weighted by Crippen LogP contribution is 2.34. The van der Waals surface area contributed by atoms with Gasteiger partial charge in [0.25, 0.3) is 0 Å². The Labute approximate surface area is 148 Å². The van der Waals surface area contributed by atoms with Gasteiger partial charge in [0.15, 0.2) is 5.69 Å². The summed E-state index contributed by atoms with van der Waals surface area (Å²) in [6.45, 7) is 0.868. The highest BCUT2D eigenvalue weighted by Gasteiger charge is 2.37. The summed E-state index contributed by atoms with van der Waals surface area (Å²) >= 11 is 0. The second kappa shape index (κ2) is 7.36. The quantitative estimate of drug-likeness (QED) is 0.824. The maximum Gasteiger partial charge on any atom is 0.435 e. The van der Waals surface area contributed by atoms with Crippen LogP contribution in [0.15, 0.2) is 36.4 Å². The van der Waals surface area contributed by atoms with E-state index in [-0.39, 0.29) is 11.9 Å². The van der Waals surface area contributed by atoms with E-state index in [2.05, 4.69) is 5.10 Å². The van der Waals surface area contributed by atoms with Crippen molar-refractivity contribution < 1.29 is 27.4 Å². The summed E-state index contributed by atoms with van der Waals surface area (Å²) in [5.41, 5.74) is -1.04. The molecule has 2 aromatic rings.